The molecule has 324 valence electrons. The van der Waals surface area contributed by atoms with E-state index in [0.29, 0.717) is 49.2 Å². The number of anilines is 1. The van der Waals surface area contributed by atoms with E-state index in [4.69, 9.17) is 63.7 Å². The highest BCUT2D eigenvalue weighted by molar-refractivity contribution is 7.22. The lowest BCUT2D eigenvalue weighted by Crippen LogP contribution is -2.20. The molecule has 0 aliphatic carbocycles. The highest BCUT2D eigenvalue weighted by Gasteiger charge is 2.19. The van der Waals surface area contributed by atoms with E-state index in [1.165, 1.54) is 11.4 Å². The molecule has 0 unspecified atom stereocenters. The average Bonchev–Trinajstić information content (AvgIpc) is 3.93. The van der Waals surface area contributed by atoms with E-state index in [1.807, 2.05) is 16.0 Å². The maximum atomic E-state index is 11.1. The SMILES string of the molecule is C.NCc1ccc(Cl)cc1Cl.O=[N+]([O-])c1cc2nc(Cl)nc(NCc3ccc(Cl)cc3Cl)c2s1.O=c1[nH]c(=O)c2sc([N+](=O)[O-])cc2[nH]1.O=c1[nH]c(=O)c2scc([N+](=O)[O-])c2[nH]1. The van der Waals surface area contributed by atoms with Crippen LogP contribution in [-0.4, -0.2) is 44.7 Å². The first-order valence-corrected chi connectivity index (χ1v) is 20.5. The Morgan fingerprint density at radius 2 is 1.23 bits per heavy atom. The lowest BCUT2D eigenvalue weighted by Gasteiger charge is -2.08. The molecule has 0 atom stereocenters. The number of nitrogens with one attached hydrogen (secondary N) is 5. The molecule has 8 aromatic rings. The first kappa shape index (κ1) is 48.8. The Morgan fingerprint density at radius 3 is 1.79 bits per heavy atom. The van der Waals surface area contributed by atoms with E-state index in [-0.39, 0.29) is 48.8 Å². The summed E-state index contributed by atoms with van der Waals surface area (Å²) in [5.41, 5.74) is 4.81. The van der Waals surface area contributed by atoms with Crippen molar-refractivity contribution >= 4 is 144 Å². The highest BCUT2D eigenvalue weighted by atomic mass is 35.5. The average molecular weight is 1010 g/mol. The second-order valence-corrected chi connectivity index (χ2v) is 16.4. The summed E-state index contributed by atoms with van der Waals surface area (Å²) < 4.78 is 0.860. The van der Waals surface area contributed by atoms with Gasteiger partial charge >= 0.3 is 27.1 Å². The Morgan fingerprint density at radius 1 is 0.677 bits per heavy atom. The molecule has 2 aromatic carbocycles. The summed E-state index contributed by atoms with van der Waals surface area (Å²) in [6.45, 7) is 0.820. The molecule has 0 saturated carbocycles. The number of aromatic nitrogens is 6. The summed E-state index contributed by atoms with van der Waals surface area (Å²) in [6.07, 6.45) is 0. The van der Waals surface area contributed by atoms with Crippen LogP contribution in [0.4, 0.5) is 21.5 Å². The van der Waals surface area contributed by atoms with Gasteiger partial charge in [-0.15, -0.1) is 11.3 Å². The van der Waals surface area contributed by atoms with Crippen LogP contribution in [-0.2, 0) is 13.1 Å². The third kappa shape index (κ3) is 12.2. The number of H-pyrrole nitrogens is 4. The smallest absolute Gasteiger partial charge is 0.327 e. The molecule has 8 rings (SSSR count). The second-order valence-electron chi connectivity index (χ2n) is 11.4. The fourth-order valence-electron chi connectivity index (χ4n) is 4.75. The van der Waals surface area contributed by atoms with Crippen molar-refractivity contribution in [2.75, 3.05) is 5.32 Å². The second kappa shape index (κ2) is 21.3. The van der Waals surface area contributed by atoms with Crippen molar-refractivity contribution in [3.63, 3.8) is 0 Å². The van der Waals surface area contributed by atoms with E-state index < -0.39 is 37.3 Å². The molecule has 0 saturated heterocycles. The molecule has 62 heavy (non-hydrogen) atoms. The maximum Gasteiger partial charge on any atom is 0.327 e. The molecular formula is C33H24Cl5N11O10S3. The number of halogens is 5. The number of aromatic amines is 4. The summed E-state index contributed by atoms with van der Waals surface area (Å²) in [6, 6.07) is 13.0. The Hall–Kier alpha value is -5.83. The van der Waals surface area contributed by atoms with Gasteiger partial charge in [-0.3, -0.25) is 49.9 Å². The Balaban J connectivity index is 0.000000190. The van der Waals surface area contributed by atoms with Gasteiger partial charge in [-0.25, -0.2) is 14.6 Å². The van der Waals surface area contributed by atoms with Crippen LogP contribution in [0.25, 0.3) is 30.6 Å². The predicted octanol–water partition coefficient (Wildman–Crippen LogP) is 8.63. The van der Waals surface area contributed by atoms with Gasteiger partial charge in [-0.05, 0) is 47.0 Å². The topological polar surface area (TPSA) is 325 Å². The molecule has 0 amide bonds. The molecular weight excluding hydrogens is 984 g/mol. The van der Waals surface area contributed by atoms with Gasteiger partial charge in [0.2, 0.25) is 5.28 Å². The van der Waals surface area contributed by atoms with Gasteiger partial charge in [-0.1, -0.05) is 88.6 Å². The molecule has 21 nitrogen and oxygen atoms in total. The predicted molar refractivity (Wildman–Crippen MR) is 243 cm³/mol. The van der Waals surface area contributed by atoms with Gasteiger partial charge in [0.05, 0.1) is 43.3 Å². The van der Waals surface area contributed by atoms with Gasteiger partial charge in [0.15, 0.2) is 0 Å². The van der Waals surface area contributed by atoms with Crippen LogP contribution in [0.15, 0.2) is 73.1 Å². The number of nitro groups is 3. The molecule has 0 aliphatic rings. The van der Waals surface area contributed by atoms with Gasteiger partial charge in [0, 0.05) is 33.2 Å². The number of benzene rings is 2. The van der Waals surface area contributed by atoms with Crippen molar-refractivity contribution in [1.29, 1.82) is 0 Å². The van der Waals surface area contributed by atoms with Crippen LogP contribution in [0.3, 0.4) is 0 Å². The minimum absolute atomic E-state index is 0. The standard InChI is InChI=1S/C13H7Cl3N4O2S.C7H7Cl2N.2C6H3N3O4S.CH4/c14-7-2-1-6(8(15)3-7)5-17-12-11-9(18-13(16)19-12)4-10(23-11)20(21)22;8-6-2-1-5(4-10)7(9)3-6;10-5-4-3(7-6(11)8-5)2(1-14-4)9(12)13;10-5-4-2(7-6(11)8-5)1-3(14-4)9(12)13;/h1-4H,5H2,(H,17,18,19);1-3H,4,10H2;2*1H,(H2,7,8,10,11);1H4. The van der Waals surface area contributed by atoms with Crippen LogP contribution in [0, 0.1) is 30.3 Å². The Kier molecular flexibility index (Phi) is 16.8. The first-order valence-electron chi connectivity index (χ1n) is 16.1. The van der Waals surface area contributed by atoms with Crippen molar-refractivity contribution in [2.24, 2.45) is 5.73 Å². The molecule has 6 aromatic heterocycles. The zero-order valence-corrected chi connectivity index (χ0v) is 35.8. The Labute approximate surface area is 380 Å². The van der Waals surface area contributed by atoms with Crippen molar-refractivity contribution < 1.29 is 14.8 Å². The van der Waals surface area contributed by atoms with E-state index in [1.54, 1.807) is 30.3 Å². The van der Waals surface area contributed by atoms with E-state index in [2.05, 4.69) is 25.3 Å². The molecule has 6 heterocycles. The number of rotatable bonds is 7. The third-order valence-corrected chi connectivity index (χ3v) is 11.9. The van der Waals surface area contributed by atoms with Crippen molar-refractivity contribution in [1.82, 2.24) is 29.9 Å². The lowest BCUT2D eigenvalue weighted by atomic mass is 10.2. The number of hydrogen-bond donors (Lipinski definition) is 6. The fourth-order valence-corrected chi connectivity index (χ4v) is 8.45. The fraction of sp³-hybridized carbons (Fsp3) is 0.0909. The number of thiophene rings is 3. The molecule has 0 bridgehead atoms. The number of nitrogens with two attached hydrogens (primary N) is 1. The van der Waals surface area contributed by atoms with E-state index in [0.717, 1.165) is 51.2 Å². The normalized spacial score (nSPS) is 10.4. The lowest BCUT2D eigenvalue weighted by molar-refractivity contribution is -0.382. The molecule has 7 N–H and O–H groups in total. The number of nitrogens with zero attached hydrogens (tertiary/aromatic N) is 5. The largest absolute Gasteiger partial charge is 0.365 e. The van der Waals surface area contributed by atoms with Crippen LogP contribution in [0.5, 0.6) is 0 Å². The molecule has 29 heteroatoms. The van der Waals surface area contributed by atoms with Gasteiger partial charge in [-0.2, -0.15) is 4.98 Å². The molecule has 0 radical (unpaired) electrons. The molecule has 0 fully saturated rings. The monoisotopic (exact) mass is 1000 g/mol. The summed E-state index contributed by atoms with van der Waals surface area (Å²) in [4.78, 5) is 90.6. The van der Waals surface area contributed by atoms with Gasteiger partial charge < -0.3 is 21.0 Å². The van der Waals surface area contributed by atoms with Crippen molar-refractivity contribution in [2.45, 2.75) is 20.5 Å². The van der Waals surface area contributed by atoms with Crippen LogP contribution in [0.2, 0.25) is 25.4 Å². The molecule has 0 aliphatic heterocycles. The van der Waals surface area contributed by atoms with Crippen molar-refractivity contribution in [3.05, 3.63) is 162 Å². The van der Waals surface area contributed by atoms with Crippen LogP contribution >= 0.6 is 92.0 Å². The minimum Gasteiger partial charge on any atom is -0.365 e. The summed E-state index contributed by atoms with van der Waals surface area (Å²) in [5, 5.41) is 38.2. The zero-order chi connectivity index (χ0) is 44.7. The van der Waals surface area contributed by atoms with Gasteiger partial charge in [0.25, 0.3) is 11.1 Å². The Bertz CT molecular complexity index is 3200. The first-order chi connectivity index (χ1) is 28.8. The van der Waals surface area contributed by atoms with Crippen LogP contribution in [0.1, 0.15) is 18.6 Å². The zero-order valence-electron chi connectivity index (χ0n) is 29.6. The molecule has 0 spiro atoms. The summed E-state index contributed by atoms with van der Waals surface area (Å²) in [5.74, 6) is 0.420. The van der Waals surface area contributed by atoms with E-state index >= 15 is 0 Å². The quantitative estimate of drug-likeness (QED) is 0.0494. The van der Waals surface area contributed by atoms with Gasteiger partial charge in [0.1, 0.15) is 25.4 Å². The van der Waals surface area contributed by atoms with Crippen molar-refractivity contribution in [3.8, 4) is 0 Å². The number of fused-ring (bicyclic) bond motifs is 3. The third-order valence-electron chi connectivity index (χ3n) is 7.43. The minimum atomic E-state index is -0.746. The summed E-state index contributed by atoms with van der Waals surface area (Å²) >= 11 is 31.9. The maximum absolute atomic E-state index is 11.1. The number of hydrogen-bond acceptors (Lipinski definition) is 17. The van der Waals surface area contributed by atoms with Crippen LogP contribution < -0.4 is 33.5 Å². The summed E-state index contributed by atoms with van der Waals surface area (Å²) in [7, 11) is 0. The van der Waals surface area contributed by atoms with E-state index in [9.17, 15) is 49.5 Å². The highest BCUT2D eigenvalue weighted by Crippen LogP contribution is 2.35.